The van der Waals surface area contributed by atoms with E-state index in [9.17, 15) is 0 Å². The average molecular weight is 190 g/mol. The fourth-order valence-electron chi connectivity index (χ4n) is 0.971. The van der Waals surface area contributed by atoms with Crippen LogP contribution < -0.4 is 11.1 Å². The van der Waals surface area contributed by atoms with Gasteiger partial charge in [-0.1, -0.05) is 0 Å². The molecule has 2 aromatic rings. The van der Waals surface area contributed by atoms with Gasteiger partial charge in [0.05, 0.1) is 6.20 Å². The van der Waals surface area contributed by atoms with Gasteiger partial charge in [0, 0.05) is 30.6 Å². The van der Waals surface area contributed by atoms with Crippen LogP contribution in [0.15, 0.2) is 24.7 Å². The van der Waals surface area contributed by atoms with Crippen molar-refractivity contribution in [2.45, 2.75) is 6.54 Å². The van der Waals surface area contributed by atoms with Crippen LogP contribution in [0.2, 0.25) is 0 Å². The summed E-state index contributed by atoms with van der Waals surface area (Å²) in [4.78, 5) is 8.15. The molecule has 6 nitrogen and oxygen atoms in total. The van der Waals surface area contributed by atoms with Gasteiger partial charge in [0.25, 0.3) is 0 Å². The van der Waals surface area contributed by atoms with Gasteiger partial charge in [-0.2, -0.15) is 5.10 Å². The molecule has 2 rings (SSSR count). The second-order valence-electron chi connectivity index (χ2n) is 2.71. The standard InChI is InChI=1S/C8H10N6/c9-3-6-4-10-8(11-5-6)13-7-1-2-12-14-7/h1-2,4-5H,3,9H2,(H2,10,11,12,13,14). The Balaban J connectivity index is 2.10. The summed E-state index contributed by atoms with van der Waals surface area (Å²) in [5, 5.41) is 9.49. The minimum absolute atomic E-state index is 0.449. The Morgan fingerprint density at radius 2 is 2.14 bits per heavy atom. The lowest BCUT2D eigenvalue weighted by Gasteiger charge is -2.01. The van der Waals surface area contributed by atoms with Gasteiger partial charge < -0.3 is 11.1 Å². The highest BCUT2D eigenvalue weighted by molar-refractivity contribution is 5.45. The molecule has 0 fully saturated rings. The van der Waals surface area contributed by atoms with Gasteiger partial charge in [-0.25, -0.2) is 9.97 Å². The van der Waals surface area contributed by atoms with Crippen molar-refractivity contribution in [2.24, 2.45) is 5.73 Å². The van der Waals surface area contributed by atoms with Gasteiger partial charge in [-0.15, -0.1) is 0 Å². The predicted molar refractivity (Wildman–Crippen MR) is 51.8 cm³/mol. The van der Waals surface area contributed by atoms with Gasteiger partial charge in [0.15, 0.2) is 0 Å². The lowest BCUT2D eigenvalue weighted by atomic mass is 10.3. The zero-order valence-electron chi connectivity index (χ0n) is 7.44. The molecule has 2 heterocycles. The van der Waals surface area contributed by atoms with E-state index in [0.717, 1.165) is 11.4 Å². The topological polar surface area (TPSA) is 92.5 Å². The van der Waals surface area contributed by atoms with Crippen molar-refractivity contribution in [3.05, 3.63) is 30.2 Å². The van der Waals surface area contributed by atoms with Gasteiger partial charge in [-0.05, 0) is 0 Å². The first-order valence-corrected chi connectivity index (χ1v) is 4.16. The molecule has 0 saturated heterocycles. The molecule has 0 atom stereocenters. The summed E-state index contributed by atoms with van der Waals surface area (Å²) in [7, 11) is 0. The first kappa shape index (κ1) is 8.64. The maximum Gasteiger partial charge on any atom is 0.228 e. The number of nitrogens with one attached hydrogen (secondary N) is 2. The molecule has 0 unspecified atom stereocenters. The summed E-state index contributed by atoms with van der Waals surface area (Å²) in [5.74, 6) is 1.27. The molecule has 0 aliphatic carbocycles. The minimum Gasteiger partial charge on any atom is -0.326 e. The average Bonchev–Trinajstić information content (AvgIpc) is 2.72. The van der Waals surface area contributed by atoms with Crippen LogP contribution in [0.3, 0.4) is 0 Å². The fourth-order valence-corrected chi connectivity index (χ4v) is 0.971. The van der Waals surface area contributed by atoms with Gasteiger partial charge >= 0.3 is 0 Å². The largest absolute Gasteiger partial charge is 0.326 e. The van der Waals surface area contributed by atoms with Crippen LogP contribution in [0.5, 0.6) is 0 Å². The summed E-state index contributed by atoms with van der Waals surface area (Å²) >= 11 is 0. The Labute approximate surface area is 80.6 Å². The van der Waals surface area contributed by atoms with Crippen LogP contribution in [-0.4, -0.2) is 20.2 Å². The maximum absolute atomic E-state index is 5.42. The first-order chi connectivity index (χ1) is 6.88. The smallest absolute Gasteiger partial charge is 0.228 e. The number of rotatable bonds is 3. The lowest BCUT2D eigenvalue weighted by Crippen LogP contribution is -2.01. The Morgan fingerprint density at radius 3 is 2.71 bits per heavy atom. The highest BCUT2D eigenvalue weighted by Crippen LogP contribution is 2.07. The molecule has 6 heteroatoms. The molecular formula is C8H10N6. The van der Waals surface area contributed by atoms with Crippen molar-refractivity contribution in [3.8, 4) is 0 Å². The van der Waals surface area contributed by atoms with E-state index >= 15 is 0 Å². The van der Waals surface area contributed by atoms with Crippen molar-refractivity contribution in [2.75, 3.05) is 5.32 Å². The molecule has 0 aromatic carbocycles. The van der Waals surface area contributed by atoms with E-state index in [-0.39, 0.29) is 0 Å². The Morgan fingerprint density at radius 1 is 1.36 bits per heavy atom. The van der Waals surface area contributed by atoms with E-state index in [0.29, 0.717) is 12.5 Å². The van der Waals surface area contributed by atoms with Crippen LogP contribution in [0.4, 0.5) is 11.8 Å². The SMILES string of the molecule is NCc1cnc(Nc2ccn[nH]2)nc1. The van der Waals surface area contributed by atoms with E-state index in [1.165, 1.54) is 0 Å². The molecule has 0 radical (unpaired) electrons. The number of aromatic amines is 1. The molecule has 0 aliphatic rings. The van der Waals surface area contributed by atoms with Gasteiger partial charge in [0.1, 0.15) is 5.82 Å². The summed E-state index contributed by atoms with van der Waals surface area (Å²) in [5.41, 5.74) is 6.32. The Kier molecular flexibility index (Phi) is 2.37. The van der Waals surface area contributed by atoms with Crippen LogP contribution in [0.25, 0.3) is 0 Å². The van der Waals surface area contributed by atoms with Gasteiger partial charge in [0.2, 0.25) is 5.95 Å². The van der Waals surface area contributed by atoms with E-state index in [2.05, 4.69) is 25.5 Å². The zero-order valence-corrected chi connectivity index (χ0v) is 7.44. The normalized spacial score (nSPS) is 10.1. The van der Waals surface area contributed by atoms with Crippen molar-refractivity contribution in [1.29, 1.82) is 0 Å². The highest BCUT2D eigenvalue weighted by Gasteiger charge is 1.97. The molecule has 4 N–H and O–H groups in total. The zero-order chi connectivity index (χ0) is 9.80. The van der Waals surface area contributed by atoms with E-state index in [4.69, 9.17) is 5.73 Å². The van der Waals surface area contributed by atoms with Crippen molar-refractivity contribution in [3.63, 3.8) is 0 Å². The Bertz CT molecular complexity index is 379. The summed E-state index contributed by atoms with van der Waals surface area (Å²) in [6.07, 6.45) is 5.02. The van der Waals surface area contributed by atoms with E-state index < -0.39 is 0 Å². The molecule has 0 amide bonds. The molecule has 0 spiro atoms. The summed E-state index contributed by atoms with van der Waals surface area (Å²) in [6.45, 7) is 0.449. The minimum atomic E-state index is 0.449. The fraction of sp³-hybridized carbons (Fsp3) is 0.125. The van der Waals surface area contributed by atoms with Crippen molar-refractivity contribution >= 4 is 11.8 Å². The number of nitrogens with zero attached hydrogens (tertiary/aromatic N) is 3. The second kappa shape index (κ2) is 3.84. The lowest BCUT2D eigenvalue weighted by molar-refractivity contribution is 1.01. The number of nitrogens with two attached hydrogens (primary N) is 1. The molecule has 0 bridgehead atoms. The van der Waals surface area contributed by atoms with Crippen LogP contribution in [0, 0.1) is 0 Å². The third-order valence-electron chi connectivity index (χ3n) is 1.69. The number of hydrogen-bond donors (Lipinski definition) is 3. The second-order valence-corrected chi connectivity index (χ2v) is 2.71. The van der Waals surface area contributed by atoms with Crippen LogP contribution in [-0.2, 0) is 6.54 Å². The number of hydrogen-bond acceptors (Lipinski definition) is 5. The highest BCUT2D eigenvalue weighted by atomic mass is 15.2. The van der Waals surface area contributed by atoms with Gasteiger partial charge in [-0.3, -0.25) is 5.10 Å². The molecule has 0 aliphatic heterocycles. The number of H-pyrrole nitrogens is 1. The number of aromatic nitrogens is 4. The molecule has 0 saturated carbocycles. The quantitative estimate of drug-likeness (QED) is 0.651. The maximum atomic E-state index is 5.42. The number of anilines is 2. The molecule has 2 aromatic heterocycles. The Hall–Kier alpha value is -1.95. The van der Waals surface area contributed by atoms with Crippen LogP contribution in [0.1, 0.15) is 5.56 Å². The molecular weight excluding hydrogens is 180 g/mol. The third-order valence-corrected chi connectivity index (χ3v) is 1.69. The third kappa shape index (κ3) is 1.86. The molecule has 14 heavy (non-hydrogen) atoms. The monoisotopic (exact) mass is 190 g/mol. The van der Waals surface area contributed by atoms with Crippen molar-refractivity contribution < 1.29 is 0 Å². The molecule has 72 valence electrons. The summed E-state index contributed by atoms with van der Waals surface area (Å²) < 4.78 is 0. The van der Waals surface area contributed by atoms with Crippen LogP contribution >= 0.6 is 0 Å². The summed E-state index contributed by atoms with van der Waals surface area (Å²) in [6, 6.07) is 1.79. The van der Waals surface area contributed by atoms with E-state index in [1.54, 1.807) is 24.7 Å². The predicted octanol–water partition coefficient (Wildman–Crippen LogP) is 0.402. The first-order valence-electron chi connectivity index (χ1n) is 4.16. The van der Waals surface area contributed by atoms with E-state index in [1.807, 2.05) is 0 Å². The van der Waals surface area contributed by atoms with Crippen molar-refractivity contribution in [1.82, 2.24) is 20.2 Å².